The van der Waals surface area contributed by atoms with Crippen LogP contribution in [0.3, 0.4) is 0 Å². The van der Waals surface area contributed by atoms with Gasteiger partial charge in [0.15, 0.2) is 49.6 Å². The molecule has 0 fully saturated rings. The van der Waals surface area contributed by atoms with E-state index in [4.69, 9.17) is 9.97 Å². The summed E-state index contributed by atoms with van der Waals surface area (Å²) in [5.41, 5.74) is 15.8. The molecule has 0 saturated heterocycles. The molecule has 2 aliphatic rings. The van der Waals surface area contributed by atoms with Crippen molar-refractivity contribution in [3.05, 3.63) is 196 Å². The van der Waals surface area contributed by atoms with E-state index in [1.165, 1.54) is 0 Å². The van der Waals surface area contributed by atoms with Crippen LogP contribution in [0.25, 0.3) is 90.9 Å². The van der Waals surface area contributed by atoms with Gasteiger partial charge in [0.05, 0.1) is 28.3 Å². The third-order valence-corrected chi connectivity index (χ3v) is 12.6. The molecule has 8 bridgehead atoms. The van der Waals surface area contributed by atoms with E-state index < -0.39 is 0 Å². The summed E-state index contributed by atoms with van der Waals surface area (Å²) in [5.74, 6) is 0. The van der Waals surface area contributed by atoms with Gasteiger partial charge in [0.25, 0.3) is 0 Å². The Kier molecular flexibility index (Phi) is 14.4. The Balaban J connectivity index is 1.38. The second-order valence-electron chi connectivity index (χ2n) is 17.5. The first-order valence-electron chi connectivity index (χ1n) is 24.1. The summed E-state index contributed by atoms with van der Waals surface area (Å²) in [6.07, 6.45) is 42.1. The molecule has 338 valence electrons. The fourth-order valence-corrected chi connectivity index (χ4v) is 9.33. The summed E-state index contributed by atoms with van der Waals surface area (Å²) in [4.78, 5) is 19.1. The molecule has 0 aliphatic carbocycles. The van der Waals surface area contributed by atoms with Gasteiger partial charge in [-0.2, -0.15) is 0 Å². The molecular formula is C60H62N8+4. The molecule has 0 saturated carbocycles. The molecule has 0 spiro atoms. The van der Waals surface area contributed by atoms with Crippen LogP contribution in [0.4, 0.5) is 0 Å². The number of aryl methyl sites for hydroxylation is 4. The average molecular weight is 895 g/mol. The molecule has 0 amide bonds. The summed E-state index contributed by atoms with van der Waals surface area (Å²) in [6.45, 7) is 19.4. The van der Waals surface area contributed by atoms with E-state index in [2.05, 4.69) is 201 Å². The lowest BCUT2D eigenvalue weighted by atomic mass is 10.0. The second kappa shape index (κ2) is 21.6. The van der Waals surface area contributed by atoms with Crippen LogP contribution in [0, 0.1) is 0 Å². The molecule has 8 heteroatoms. The first-order chi connectivity index (χ1) is 33.5. The van der Waals surface area contributed by atoms with Crippen LogP contribution in [0.15, 0.2) is 173 Å². The number of nitrogens with one attached hydrogen (secondary N) is 2. The highest BCUT2D eigenvalue weighted by atomic mass is 14.9. The minimum atomic E-state index is 0.862. The van der Waals surface area contributed by atoms with Crippen molar-refractivity contribution in [1.82, 2.24) is 19.9 Å². The van der Waals surface area contributed by atoms with E-state index in [9.17, 15) is 0 Å². The number of rotatable bonds is 20. The molecule has 0 atom stereocenters. The molecule has 7 aromatic rings. The van der Waals surface area contributed by atoms with Gasteiger partial charge in [-0.3, -0.25) is 0 Å². The minimum Gasteiger partial charge on any atom is -0.354 e. The van der Waals surface area contributed by atoms with Crippen LogP contribution >= 0.6 is 0 Å². The van der Waals surface area contributed by atoms with E-state index in [-0.39, 0.29) is 0 Å². The number of aromatic amines is 2. The number of nitrogens with zero attached hydrogens (tertiary/aromatic N) is 6. The Morgan fingerprint density at radius 1 is 0.368 bits per heavy atom. The highest BCUT2D eigenvalue weighted by Crippen LogP contribution is 2.38. The highest BCUT2D eigenvalue weighted by molar-refractivity contribution is 5.99. The SMILES string of the molecule is C=CCCC[n+]1cccc(-c2c3nc(c(-c4ccc[n+](CCCC=C)c4)c4ccc([nH]4)c(-c4ccc[n+](CCCC=C)c4)c4ccc([nH]4)c(-c4ccc[n+](CCCC=C)c4)c4nc2C=C4)C=C3)c1. The number of aromatic nitrogens is 8. The van der Waals surface area contributed by atoms with Crippen molar-refractivity contribution in [1.29, 1.82) is 0 Å². The monoisotopic (exact) mass is 895 g/mol. The number of unbranched alkanes of at least 4 members (excludes halogenated alkanes) is 4. The Morgan fingerprint density at radius 2 is 0.647 bits per heavy atom. The smallest absolute Gasteiger partial charge is 0.176 e. The predicted molar refractivity (Wildman–Crippen MR) is 279 cm³/mol. The van der Waals surface area contributed by atoms with E-state index in [0.29, 0.717) is 0 Å². The molecule has 0 radical (unpaired) electrons. The fraction of sp³-hybridized carbons (Fsp3) is 0.200. The topological polar surface area (TPSA) is 72.9 Å². The van der Waals surface area contributed by atoms with Crippen LogP contribution in [0.2, 0.25) is 0 Å². The Labute approximate surface area is 400 Å². The number of H-pyrrole nitrogens is 2. The van der Waals surface area contributed by atoms with Crippen LogP contribution in [0.5, 0.6) is 0 Å². The average Bonchev–Trinajstić information content (AvgIpc) is 4.21. The van der Waals surface area contributed by atoms with E-state index in [0.717, 1.165) is 167 Å². The lowest BCUT2D eigenvalue weighted by Crippen LogP contribution is -2.32. The van der Waals surface area contributed by atoms with Crippen molar-refractivity contribution in [2.75, 3.05) is 0 Å². The lowest BCUT2D eigenvalue weighted by Gasteiger charge is -2.07. The molecular weight excluding hydrogens is 833 g/mol. The standard InChI is InChI=1S/C60H62N8/c1-5-9-13-33-65-37-17-21-45(41-65)57-49-25-27-51(61-49)58(46-22-18-38-66(42-46)34-14-10-6-2)53-29-31-55(63-53)60(48-24-20-40-68(44-48)36-16-12-8-4)56-32-30-54(64-56)59(52-28-26-50(57)62-52)47-23-19-39-67(43-47)35-15-11-7-3/h5-8,17-32,37-44,61-62H,1-4,9-16,33-36H2/q+4. The van der Waals surface area contributed by atoms with Crippen LogP contribution in [0.1, 0.15) is 74.1 Å². The van der Waals surface area contributed by atoms with Crippen LogP contribution < -0.4 is 18.3 Å². The normalized spacial score (nSPS) is 11.8. The zero-order chi connectivity index (χ0) is 46.7. The molecule has 2 aliphatic heterocycles. The molecule has 9 rings (SSSR count). The number of fused-ring (bicyclic) bond motifs is 8. The van der Waals surface area contributed by atoms with Gasteiger partial charge < -0.3 is 9.97 Å². The largest absolute Gasteiger partial charge is 0.354 e. The molecule has 0 aromatic carbocycles. The van der Waals surface area contributed by atoms with Gasteiger partial charge in [0, 0.05) is 111 Å². The van der Waals surface area contributed by atoms with Gasteiger partial charge >= 0.3 is 0 Å². The Hall–Kier alpha value is -7.84. The van der Waals surface area contributed by atoms with Crippen molar-refractivity contribution < 1.29 is 18.3 Å². The zero-order valence-corrected chi connectivity index (χ0v) is 39.2. The number of hydrogen-bond acceptors (Lipinski definition) is 2. The van der Waals surface area contributed by atoms with Crippen molar-refractivity contribution in [2.24, 2.45) is 0 Å². The maximum absolute atomic E-state index is 5.57. The third kappa shape index (κ3) is 10.2. The summed E-state index contributed by atoms with van der Waals surface area (Å²) >= 11 is 0. The zero-order valence-electron chi connectivity index (χ0n) is 39.2. The van der Waals surface area contributed by atoms with Gasteiger partial charge in [-0.25, -0.2) is 28.2 Å². The van der Waals surface area contributed by atoms with Crippen LogP contribution in [-0.2, 0) is 26.2 Å². The molecule has 2 N–H and O–H groups in total. The van der Waals surface area contributed by atoms with Crippen molar-refractivity contribution in [3.63, 3.8) is 0 Å². The van der Waals surface area contributed by atoms with Gasteiger partial charge in [0.1, 0.15) is 26.2 Å². The molecule has 68 heavy (non-hydrogen) atoms. The Morgan fingerprint density at radius 3 is 0.971 bits per heavy atom. The minimum absolute atomic E-state index is 0.862. The van der Waals surface area contributed by atoms with E-state index in [1.807, 2.05) is 24.3 Å². The van der Waals surface area contributed by atoms with E-state index >= 15 is 0 Å². The maximum Gasteiger partial charge on any atom is 0.176 e. The van der Waals surface area contributed by atoms with Crippen LogP contribution in [-0.4, -0.2) is 19.9 Å². The van der Waals surface area contributed by atoms with Gasteiger partial charge in [0.2, 0.25) is 0 Å². The predicted octanol–water partition coefficient (Wildman–Crippen LogP) is 12.3. The maximum atomic E-state index is 5.57. The first-order valence-corrected chi connectivity index (χ1v) is 24.1. The van der Waals surface area contributed by atoms with Crippen molar-refractivity contribution in [3.8, 4) is 44.5 Å². The second-order valence-corrected chi connectivity index (χ2v) is 17.5. The molecule has 7 aromatic heterocycles. The third-order valence-electron chi connectivity index (χ3n) is 12.6. The summed E-state index contributed by atoms with van der Waals surface area (Å²) in [5, 5.41) is 0. The van der Waals surface area contributed by atoms with Crippen molar-refractivity contribution in [2.45, 2.75) is 77.5 Å². The number of hydrogen-bond donors (Lipinski definition) is 2. The summed E-state index contributed by atoms with van der Waals surface area (Å²) in [6, 6.07) is 26.2. The first kappa shape index (κ1) is 45.3. The molecule has 0 unspecified atom stereocenters. The lowest BCUT2D eigenvalue weighted by molar-refractivity contribution is -0.696. The fourth-order valence-electron chi connectivity index (χ4n) is 9.33. The van der Waals surface area contributed by atoms with Gasteiger partial charge in [-0.1, -0.05) is 24.3 Å². The quantitative estimate of drug-likeness (QED) is 0.0454. The highest BCUT2D eigenvalue weighted by Gasteiger charge is 2.22. The van der Waals surface area contributed by atoms with Crippen molar-refractivity contribution >= 4 is 46.4 Å². The van der Waals surface area contributed by atoms with E-state index in [1.54, 1.807) is 0 Å². The van der Waals surface area contributed by atoms with Gasteiger partial charge in [-0.15, -0.1) is 26.3 Å². The Bertz CT molecular complexity index is 3080. The summed E-state index contributed by atoms with van der Waals surface area (Å²) in [7, 11) is 0. The number of pyridine rings is 4. The summed E-state index contributed by atoms with van der Waals surface area (Å²) < 4.78 is 9.10. The molecule has 9 heterocycles. The molecule has 8 nitrogen and oxygen atoms in total. The number of allylic oxidation sites excluding steroid dienone is 4. The van der Waals surface area contributed by atoms with Gasteiger partial charge in [-0.05, 0) is 98.5 Å².